The monoisotopic (exact) mass is 274 g/mol. The molecule has 1 atom stereocenters. The molecule has 0 aliphatic rings. The van der Waals surface area contributed by atoms with Gasteiger partial charge in [-0.25, -0.2) is 4.98 Å². The van der Waals surface area contributed by atoms with Gasteiger partial charge in [0.1, 0.15) is 5.69 Å². The molecule has 1 unspecified atom stereocenters. The van der Waals surface area contributed by atoms with Gasteiger partial charge in [0.2, 0.25) is 11.8 Å². The normalized spacial score (nSPS) is 11.9. The van der Waals surface area contributed by atoms with Crippen molar-refractivity contribution in [2.24, 2.45) is 5.73 Å². The summed E-state index contributed by atoms with van der Waals surface area (Å²) in [6, 6.07) is 3.69. The van der Waals surface area contributed by atoms with Crippen molar-refractivity contribution in [2.45, 2.75) is 18.9 Å². The highest BCUT2D eigenvalue weighted by molar-refractivity contribution is 5.25. The maximum absolute atomic E-state index is 6.17. The van der Waals surface area contributed by atoms with Gasteiger partial charge in [0.05, 0.1) is 26.5 Å². The first kappa shape index (κ1) is 14.2. The van der Waals surface area contributed by atoms with Gasteiger partial charge in [0, 0.05) is 12.4 Å². The molecule has 2 aromatic heterocycles. The third-order valence-electron chi connectivity index (χ3n) is 2.97. The van der Waals surface area contributed by atoms with Gasteiger partial charge in [-0.3, -0.25) is 4.98 Å². The van der Waals surface area contributed by atoms with Crippen molar-refractivity contribution in [1.82, 2.24) is 15.0 Å². The highest BCUT2D eigenvalue weighted by atomic mass is 16.5. The molecule has 0 saturated heterocycles. The molecule has 0 aliphatic carbocycles. The van der Waals surface area contributed by atoms with Crippen molar-refractivity contribution < 1.29 is 9.47 Å². The van der Waals surface area contributed by atoms with Crippen LogP contribution in [-0.4, -0.2) is 29.2 Å². The first-order valence-electron chi connectivity index (χ1n) is 6.34. The van der Waals surface area contributed by atoms with Crippen LogP contribution < -0.4 is 15.2 Å². The summed E-state index contributed by atoms with van der Waals surface area (Å²) in [6.45, 7) is 0. The summed E-state index contributed by atoms with van der Waals surface area (Å²) in [6.07, 6.45) is 6.70. The summed E-state index contributed by atoms with van der Waals surface area (Å²) in [7, 11) is 3.08. The van der Waals surface area contributed by atoms with E-state index < -0.39 is 0 Å². The van der Waals surface area contributed by atoms with Crippen molar-refractivity contribution in [2.75, 3.05) is 14.2 Å². The average molecular weight is 274 g/mol. The topological polar surface area (TPSA) is 83.2 Å². The van der Waals surface area contributed by atoms with Crippen LogP contribution >= 0.6 is 0 Å². The first-order chi connectivity index (χ1) is 9.74. The lowest BCUT2D eigenvalue weighted by molar-refractivity contribution is 0.352. The predicted octanol–water partition coefficient (Wildman–Crippen LogP) is 1.52. The number of nitrogens with two attached hydrogens (primary N) is 1. The first-order valence-corrected chi connectivity index (χ1v) is 6.34. The summed E-state index contributed by atoms with van der Waals surface area (Å²) < 4.78 is 10.2. The number of methoxy groups -OCH3 is 2. The van der Waals surface area contributed by atoms with Crippen molar-refractivity contribution >= 4 is 0 Å². The molecule has 106 valence electrons. The summed E-state index contributed by atoms with van der Waals surface area (Å²) in [5.74, 6) is 0.813. The van der Waals surface area contributed by atoms with E-state index in [0.717, 1.165) is 18.4 Å². The lowest BCUT2D eigenvalue weighted by Gasteiger charge is -2.14. The van der Waals surface area contributed by atoms with E-state index in [1.165, 1.54) is 7.11 Å². The van der Waals surface area contributed by atoms with Gasteiger partial charge < -0.3 is 15.2 Å². The molecule has 0 spiro atoms. The van der Waals surface area contributed by atoms with E-state index in [1.807, 2.05) is 18.3 Å². The molecule has 0 bridgehead atoms. The maximum Gasteiger partial charge on any atom is 0.240 e. The van der Waals surface area contributed by atoms with Gasteiger partial charge >= 0.3 is 0 Å². The second-order valence-corrected chi connectivity index (χ2v) is 4.31. The Balaban J connectivity index is 2.07. The van der Waals surface area contributed by atoms with E-state index in [0.29, 0.717) is 17.5 Å². The Bertz CT molecular complexity index is 548. The molecule has 2 heterocycles. The molecule has 0 amide bonds. The molecule has 2 rings (SSSR count). The van der Waals surface area contributed by atoms with Crippen LogP contribution in [0.3, 0.4) is 0 Å². The van der Waals surface area contributed by atoms with Crippen LogP contribution in [0.5, 0.6) is 11.8 Å². The minimum absolute atomic E-state index is 0.247. The Morgan fingerprint density at radius 1 is 1.25 bits per heavy atom. The molecular weight excluding hydrogens is 256 g/mol. The van der Waals surface area contributed by atoms with E-state index in [4.69, 9.17) is 15.2 Å². The van der Waals surface area contributed by atoms with Crippen LogP contribution in [-0.2, 0) is 6.42 Å². The molecule has 0 aromatic carbocycles. The highest BCUT2D eigenvalue weighted by Crippen LogP contribution is 2.24. The molecule has 0 fully saturated rings. The largest absolute Gasteiger partial charge is 0.480 e. The minimum atomic E-state index is -0.247. The standard InChI is InChI=1S/C14H18N4O2/c1-19-12-9-17-13(14(18-12)20-2)11(15)6-5-10-4-3-7-16-8-10/h3-4,7-9,11H,5-6,15H2,1-2H3. The Morgan fingerprint density at radius 3 is 2.75 bits per heavy atom. The zero-order valence-corrected chi connectivity index (χ0v) is 11.6. The number of hydrogen-bond donors (Lipinski definition) is 1. The fraction of sp³-hybridized carbons (Fsp3) is 0.357. The van der Waals surface area contributed by atoms with E-state index >= 15 is 0 Å². The number of rotatable bonds is 6. The quantitative estimate of drug-likeness (QED) is 0.860. The second kappa shape index (κ2) is 6.81. The van der Waals surface area contributed by atoms with Crippen molar-refractivity contribution in [3.63, 3.8) is 0 Å². The summed E-state index contributed by atoms with van der Waals surface area (Å²) in [5.41, 5.74) is 7.95. The van der Waals surface area contributed by atoms with Crippen molar-refractivity contribution in [1.29, 1.82) is 0 Å². The van der Waals surface area contributed by atoms with E-state index in [-0.39, 0.29) is 6.04 Å². The number of hydrogen-bond acceptors (Lipinski definition) is 6. The van der Waals surface area contributed by atoms with Crippen LogP contribution in [0.2, 0.25) is 0 Å². The van der Waals surface area contributed by atoms with Gasteiger partial charge in [0.25, 0.3) is 0 Å². The third-order valence-corrected chi connectivity index (χ3v) is 2.97. The Hall–Kier alpha value is -2.21. The molecular formula is C14H18N4O2. The van der Waals surface area contributed by atoms with Gasteiger partial charge in [-0.05, 0) is 24.5 Å². The maximum atomic E-state index is 6.17. The zero-order valence-electron chi connectivity index (χ0n) is 11.6. The van der Waals surface area contributed by atoms with Crippen LogP contribution in [0.25, 0.3) is 0 Å². The fourth-order valence-electron chi connectivity index (χ4n) is 1.87. The Morgan fingerprint density at radius 2 is 2.10 bits per heavy atom. The van der Waals surface area contributed by atoms with Gasteiger partial charge in [-0.15, -0.1) is 0 Å². The van der Waals surface area contributed by atoms with Crippen LogP contribution in [0.4, 0.5) is 0 Å². The zero-order chi connectivity index (χ0) is 14.4. The van der Waals surface area contributed by atoms with Crippen LogP contribution in [0.1, 0.15) is 23.7 Å². The lowest BCUT2D eigenvalue weighted by Crippen LogP contribution is -2.15. The van der Waals surface area contributed by atoms with E-state index in [1.54, 1.807) is 19.5 Å². The third kappa shape index (κ3) is 3.42. The average Bonchev–Trinajstić information content (AvgIpc) is 2.52. The Labute approximate surface area is 118 Å². The fourth-order valence-corrected chi connectivity index (χ4v) is 1.87. The molecule has 0 radical (unpaired) electrons. The molecule has 2 aromatic rings. The molecule has 6 heteroatoms. The van der Waals surface area contributed by atoms with E-state index in [9.17, 15) is 0 Å². The number of nitrogens with zero attached hydrogens (tertiary/aromatic N) is 3. The lowest BCUT2D eigenvalue weighted by atomic mass is 10.1. The summed E-state index contributed by atoms with van der Waals surface area (Å²) in [5, 5.41) is 0. The number of pyridine rings is 1. The van der Waals surface area contributed by atoms with Gasteiger partial charge in [-0.2, -0.15) is 4.98 Å². The molecule has 6 nitrogen and oxygen atoms in total. The van der Waals surface area contributed by atoms with Gasteiger partial charge in [0.15, 0.2) is 0 Å². The predicted molar refractivity (Wildman–Crippen MR) is 74.6 cm³/mol. The number of ether oxygens (including phenoxy) is 2. The molecule has 0 saturated carbocycles. The molecule has 2 N–H and O–H groups in total. The number of aromatic nitrogens is 3. The minimum Gasteiger partial charge on any atom is -0.480 e. The van der Waals surface area contributed by atoms with E-state index in [2.05, 4.69) is 15.0 Å². The molecule has 0 aliphatic heterocycles. The highest BCUT2D eigenvalue weighted by Gasteiger charge is 2.16. The Kier molecular flexibility index (Phi) is 4.84. The smallest absolute Gasteiger partial charge is 0.240 e. The molecule has 20 heavy (non-hydrogen) atoms. The van der Waals surface area contributed by atoms with Gasteiger partial charge in [-0.1, -0.05) is 6.07 Å². The number of aryl methyl sites for hydroxylation is 1. The van der Waals surface area contributed by atoms with Crippen LogP contribution in [0.15, 0.2) is 30.7 Å². The summed E-state index contributed by atoms with van der Waals surface area (Å²) in [4.78, 5) is 12.5. The van der Waals surface area contributed by atoms with Crippen molar-refractivity contribution in [3.8, 4) is 11.8 Å². The summed E-state index contributed by atoms with van der Waals surface area (Å²) >= 11 is 0. The van der Waals surface area contributed by atoms with Crippen molar-refractivity contribution in [3.05, 3.63) is 42.0 Å². The van der Waals surface area contributed by atoms with Crippen LogP contribution in [0, 0.1) is 0 Å². The second-order valence-electron chi connectivity index (χ2n) is 4.31. The SMILES string of the molecule is COc1cnc(C(N)CCc2cccnc2)c(OC)n1.